The number of ether oxygens (including phenoxy) is 1. The predicted octanol–water partition coefficient (Wildman–Crippen LogP) is 1.81. The molecular weight excluding hydrogens is 208 g/mol. The first kappa shape index (κ1) is 8.46. The van der Waals surface area contributed by atoms with Crippen molar-refractivity contribution >= 4 is 15.9 Å². The lowest BCUT2D eigenvalue weighted by Crippen LogP contribution is -1.95. The molecule has 0 aliphatic heterocycles. The number of aryl methyl sites for hydroxylation is 1. The molecule has 1 heterocycles. The molecule has 1 aromatic heterocycles. The standard InChI is InChI=1S/C7H9BrN2O/c1-3-6-9-4-5(11-2)7(8)10-6/h4H,3H2,1-2H3. The quantitative estimate of drug-likeness (QED) is 0.708. The van der Waals surface area contributed by atoms with E-state index in [4.69, 9.17) is 4.74 Å². The second-order valence-corrected chi connectivity index (χ2v) is 2.75. The molecular formula is C7H9BrN2O. The molecule has 0 aliphatic carbocycles. The number of hydrogen-bond donors (Lipinski definition) is 0. The van der Waals surface area contributed by atoms with E-state index in [1.165, 1.54) is 0 Å². The summed E-state index contributed by atoms with van der Waals surface area (Å²) in [7, 11) is 1.59. The van der Waals surface area contributed by atoms with Gasteiger partial charge in [-0.05, 0) is 15.9 Å². The maximum absolute atomic E-state index is 4.97. The number of methoxy groups -OCH3 is 1. The van der Waals surface area contributed by atoms with Gasteiger partial charge in [-0.25, -0.2) is 9.97 Å². The average molecular weight is 217 g/mol. The third kappa shape index (κ3) is 1.89. The maximum atomic E-state index is 4.97. The third-order valence-electron chi connectivity index (χ3n) is 1.30. The molecule has 1 aromatic rings. The summed E-state index contributed by atoms with van der Waals surface area (Å²) in [5.41, 5.74) is 0. The maximum Gasteiger partial charge on any atom is 0.169 e. The van der Waals surface area contributed by atoms with Crippen molar-refractivity contribution in [1.29, 1.82) is 0 Å². The second-order valence-electron chi connectivity index (χ2n) is 2.00. The summed E-state index contributed by atoms with van der Waals surface area (Å²) in [6.45, 7) is 2.01. The van der Waals surface area contributed by atoms with Crippen molar-refractivity contribution in [2.75, 3.05) is 7.11 Å². The van der Waals surface area contributed by atoms with Crippen molar-refractivity contribution in [3.8, 4) is 5.75 Å². The summed E-state index contributed by atoms with van der Waals surface area (Å²) < 4.78 is 5.69. The Hall–Kier alpha value is -0.640. The Labute approximate surface area is 73.9 Å². The molecule has 0 saturated heterocycles. The number of aromatic nitrogens is 2. The van der Waals surface area contributed by atoms with E-state index in [-0.39, 0.29) is 0 Å². The molecule has 0 spiro atoms. The Morgan fingerprint density at radius 3 is 2.82 bits per heavy atom. The van der Waals surface area contributed by atoms with Crippen molar-refractivity contribution in [1.82, 2.24) is 9.97 Å². The molecule has 0 unspecified atom stereocenters. The molecule has 0 aliphatic rings. The van der Waals surface area contributed by atoms with Gasteiger partial charge >= 0.3 is 0 Å². The van der Waals surface area contributed by atoms with Crippen LogP contribution < -0.4 is 4.74 Å². The van der Waals surface area contributed by atoms with E-state index in [2.05, 4.69) is 25.9 Å². The predicted molar refractivity (Wildman–Crippen MR) is 45.7 cm³/mol. The van der Waals surface area contributed by atoms with Gasteiger partial charge < -0.3 is 4.74 Å². The zero-order valence-electron chi connectivity index (χ0n) is 6.47. The third-order valence-corrected chi connectivity index (χ3v) is 1.87. The highest BCUT2D eigenvalue weighted by Gasteiger charge is 2.01. The van der Waals surface area contributed by atoms with Crippen LogP contribution in [0.25, 0.3) is 0 Å². The molecule has 0 aromatic carbocycles. The smallest absolute Gasteiger partial charge is 0.169 e. The topological polar surface area (TPSA) is 35.0 Å². The minimum Gasteiger partial charge on any atom is -0.492 e. The Kier molecular flexibility index (Phi) is 2.82. The molecule has 0 fully saturated rings. The lowest BCUT2D eigenvalue weighted by Gasteiger charge is -2.01. The molecule has 60 valence electrons. The summed E-state index contributed by atoms with van der Waals surface area (Å²) in [5.74, 6) is 1.49. The Bertz CT molecular complexity index is 252. The van der Waals surface area contributed by atoms with Crippen LogP contribution in [0.15, 0.2) is 10.8 Å². The van der Waals surface area contributed by atoms with Crippen molar-refractivity contribution in [2.24, 2.45) is 0 Å². The van der Waals surface area contributed by atoms with Crippen LogP contribution in [0.2, 0.25) is 0 Å². The van der Waals surface area contributed by atoms with Crippen molar-refractivity contribution in [3.05, 3.63) is 16.6 Å². The zero-order valence-corrected chi connectivity index (χ0v) is 8.05. The first-order valence-electron chi connectivity index (χ1n) is 3.33. The minimum absolute atomic E-state index is 0.669. The van der Waals surface area contributed by atoms with Crippen LogP contribution in [-0.2, 0) is 6.42 Å². The summed E-state index contributed by atoms with van der Waals surface area (Å²) in [4.78, 5) is 8.21. The van der Waals surface area contributed by atoms with E-state index >= 15 is 0 Å². The number of rotatable bonds is 2. The largest absolute Gasteiger partial charge is 0.492 e. The monoisotopic (exact) mass is 216 g/mol. The fraction of sp³-hybridized carbons (Fsp3) is 0.429. The highest BCUT2D eigenvalue weighted by molar-refractivity contribution is 9.10. The van der Waals surface area contributed by atoms with Crippen LogP contribution in [-0.4, -0.2) is 17.1 Å². The van der Waals surface area contributed by atoms with E-state index < -0.39 is 0 Å². The molecule has 0 saturated carbocycles. The van der Waals surface area contributed by atoms with Gasteiger partial charge in [0.05, 0.1) is 13.3 Å². The fourth-order valence-corrected chi connectivity index (χ4v) is 1.16. The summed E-state index contributed by atoms with van der Waals surface area (Å²) in [5, 5.41) is 0. The van der Waals surface area contributed by atoms with Crippen molar-refractivity contribution in [2.45, 2.75) is 13.3 Å². The fourth-order valence-electron chi connectivity index (χ4n) is 0.691. The minimum atomic E-state index is 0.669. The van der Waals surface area contributed by atoms with Gasteiger partial charge in [0, 0.05) is 6.42 Å². The van der Waals surface area contributed by atoms with Crippen molar-refractivity contribution in [3.63, 3.8) is 0 Å². The van der Waals surface area contributed by atoms with Crippen LogP contribution in [0.3, 0.4) is 0 Å². The number of halogens is 1. The second kappa shape index (κ2) is 3.67. The highest BCUT2D eigenvalue weighted by atomic mass is 79.9. The summed E-state index contributed by atoms with van der Waals surface area (Å²) >= 11 is 3.27. The van der Waals surface area contributed by atoms with Crippen molar-refractivity contribution < 1.29 is 4.74 Å². The Morgan fingerprint density at radius 1 is 1.64 bits per heavy atom. The number of hydrogen-bond acceptors (Lipinski definition) is 3. The Morgan fingerprint density at radius 2 is 2.36 bits per heavy atom. The van der Waals surface area contributed by atoms with Crippen LogP contribution in [0.4, 0.5) is 0 Å². The van der Waals surface area contributed by atoms with Gasteiger partial charge in [0.25, 0.3) is 0 Å². The molecule has 11 heavy (non-hydrogen) atoms. The first-order chi connectivity index (χ1) is 5.27. The van der Waals surface area contributed by atoms with E-state index in [0.717, 1.165) is 12.2 Å². The van der Waals surface area contributed by atoms with E-state index in [9.17, 15) is 0 Å². The van der Waals surface area contributed by atoms with Crippen LogP contribution in [0.1, 0.15) is 12.7 Å². The first-order valence-corrected chi connectivity index (χ1v) is 4.12. The molecule has 0 radical (unpaired) electrons. The lowest BCUT2D eigenvalue weighted by atomic mass is 10.4. The molecule has 1 rings (SSSR count). The normalized spacial score (nSPS) is 9.73. The van der Waals surface area contributed by atoms with Crippen LogP contribution in [0.5, 0.6) is 5.75 Å². The van der Waals surface area contributed by atoms with Gasteiger partial charge in [0.15, 0.2) is 10.4 Å². The Balaban J connectivity index is 2.99. The molecule has 4 heteroatoms. The van der Waals surface area contributed by atoms with Gasteiger partial charge in [-0.2, -0.15) is 0 Å². The summed E-state index contributed by atoms with van der Waals surface area (Å²) in [6, 6.07) is 0. The molecule has 0 bridgehead atoms. The van der Waals surface area contributed by atoms with Gasteiger partial charge in [0.2, 0.25) is 0 Å². The zero-order chi connectivity index (χ0) is 8.27. The van der Waals surface area contributed by atoms with Gasteiger partial charge in [-0.15, -0.1) is 0 Å². The van der Waals surface area contributed by atoms with E-state index in [0.29, 0.717) is 10.4 Å². The lowest BCUT2D eigenvalue weighted by molar-refractivity contribution is 0.406. The molecule has 0 N–H and O–H groups in total. The van der Waals surface area contributed by atoms with Crippen LogP contribution >= 0.6 is 15.9 Å². The number of nitrogens with zero attached hydrogens (tertiary/aromatic N) is 2. The molecule has 0 atom stereocenters. The van der Waals surface area contributed by atoms with E-state index in [1.807, 2.05) is 6.92 Å². The van der Waals surface area contributed by atoms with Gasteiger partial charge in [0.1, 0.15) is 5.82 Å². The highest BCUT2D eigenvalue weighted by Crippen LogP contribution is 2.20. The van der Waals surface area contributed by atoms with Gasteiger partial charge in [-0.3, -0.25) is 0 Å². The molecule has 3 nitrogen and oxygen atoms in total. The van der Waals surface area contributed by atoms with Gasteiger partial charge in [-0.1, -0.05) is 6.92 Å². The SMILES string of the molecule is CCc1ncc(OC)c(Br)n1. The molecule has 0 amide bonds. The van der Waals surface area contributed by atoms with E-state index in [1.54, 1.807) is 13.3 Å². The average Bonchev–Trinajstić information content (AvgIpc) is 2.04. The summed E-state index contributed by atoms with van der Waals surface area (Å²) in [6.07, 6.45) is 2.50. The van der Waals surface area contributed by atoms with Crippen LogP contribution in [0, 0.1) is 0 Å².